The van der Waals surface area contributed by atoms with Gasteiger partial charge in [0.1, 0.15) is 0 Å². The van der Waals surface area contributed by atoms with Crippen molar-refractivity contribution < 1.29 is 9.53 Å². The molecule has 0 bridgehead atoms. The maximum atomic E-state index is 12.5. The zero-order chi connectivity index (χ0) is 18.5. The summed E-state index contributed by atoms with van der Waals surface area (Å²) in [5.41, 5.74) is 2.52. The van der Waals surface area contributed by atoms with Gasteiger partial charge in [-0.2, -0.15) is 0 Å². The van der Waals surface area contributed by atoms with Crippen LogP contribution in [-0.4, -0.2) is 35.0 Å². The fraction of sp³-hybridized carbons (Fsp3) is 0.450. The summed E-state index contributed by atoms with van der Waals surface area (Å²) >= 11 is 6.10. The van der Waals surface area contributed by atoms with Gasteiger partial charge in [-0.05, 0) is 50.3 Å². The highest BCUT2D eigenvalue weighted by Crippen LogP contribution is 2.32. The Balaban J connectivity index is 1.66. The third-order valence-electron chi connectivity index (χ3n) is 4.42. The Bertz CT molecular complexity index is 779. The van der Waals surface area contributed by atoms with Crippen LogP contribution in [0.1, 0.15) is 54.2 Å². The number of carbonyl (C=O) groups excluding carboxylic acids is 1. The average Bonchev–Trinajstić information content (AvgIpc) is 2.61. The van der Waals surface area contributed by atoms with Gasteiger partial charge in [-0.15, -0.1) is 0 Å². The first-order chi connectivity index (χ1) is 12.5. The number of hydrogen-bond acceptors (Lipinski definition) is 5. The molecule has 0 aliphatic heterocycles. The van der Waals surface area contributed by atoms with E-state index in [9.17, 15) is 4.79 Å². The quantitative estimate of drug-likeness (QED) is 0.734. The van der Waals surface area contributed by atoms with E-state index < -0.39 is 0 Å². The number of ketones is 1. The van der Waals surface area contributed by atoms with E-state index in [0.29, 0.717) is 29.6 Å². The summed E-state index contributed by atoms with van der Waals surface area (Å²) in [6.07, 6.45) is 3.95. The Morgan fingerprint density at radius 3 is 2.96 bits per heavy atom. The molecule has 1 N–H and O–H groups in total. The maximum Gasteiger partial charge on any atom is 0.222 e. The zero-order valence-electron chi connectivity index (χ0n) is 15.2. The summed E-state index contributed by atoms with van der Waals surface area (Å²) in [7, 11) is 0. The topological polar surface area (TPSA) is 64.1 Å². The molecule has 1 aliphatic carbocycles. The number of benzene rings is 1. The van der Waals surface area contributed by atoms with Crippen molar-refractivity contribution in [1.82, 2.24) is 9.97 Å². The second-order valence-electron chi connectivity index (χ2n) is 6.84. The van der Waals surface area contributed by atoms with Gasteiger partial charge in [-0.3, -0.25) is 4.79 Å². The lowest BCUT2D eigenvalue weighted by molar-refractivity contribution is 0.0787. The number of aromatic nitrogens is 2. The molecule has 138 valence electrons. The number of anilines is 1. The van der Waals surface area contributed by atoms with E-state index in [4.69, 9.17) is 16.3 Å². The fourth-order valence-corrected chi connectivity index (χ4v) is 3.32. The van der Waals surface area contributed by atoms with Gasteiger partial charge in [0.05, 0.1) is 17.4 Å². The number of nitrogens with zero attached hydrogens (tertiary/aromatic N) is 2. The number of ether oxygens (including phenoxy) is 1. The van der Waals surface area contributed by atoms with Crippen LogP contribution in [0, 0.1) is 0 Å². The van der Waals surface area contributed by atoms with Crippen LogP contribution in [0.3, 0.4) is 0 Å². The molecule has 1 aromatic heterocycles. The second kappa shape index (κ2) is 8.60. The largest absolute Gasteiger partial charge is 0.379 e. The number of carbonyl (C=O) groups is 1. The molecule has 0 saturated carbocycles. The summed E-state index contributed by atoms with van der Waals surface area (Å²) in [6.45, 7) is 5.48. The van der Waals surface area contributed by atoms with Gasteiger partial charge in [0.2, 0.25) is 5.95 Å². The SMILES string of the molecule is CC(C)OCCCNc1ncc2c(n1)C[C@H](c1cccc(Cl)c1)CC2=O. The molecule has 5 nitrogen and oxygen atoms in total. The highest BCUT2D eigenvalue weighted by Gasteiger charge is 2.28. The van der Waals surface area contributed by atoms with Crippen LogP contribution >= 0.6 is 11.6 Å². The van der Waals surface area contributed by atoms with E-state index in [1.54, 1.807) is 6.20 Å². The van der Waals surface area contributed by atoms with E-state index in [2.05, 4.69) is 15.3 Å². The second-order valence-corrected chi connectivity index (χ2v) is 7.27. The van der Waals surface area contributed by atoms with Gasteiger partial charge in [0.25, 0.3) is 0 Å². The van der Waals surface area contributed by atoms with Crippen LogP contribution in [0.2, 0.25) is 5.02 Å². The molecular formula is C20H24ClN3O2. The minimum Gasteiger partial charge on any atom is -0.379 e. The van der Waals surface area contributed by atoms with E-state index >= 15 is 0 Å². The molecule has 0 fully saturated rings. The summed E-state index contributed by atoms with van der Waals surface area (Å²) in [5, 5.41) is 3.90. The smallest absolute Gasteiger partial charge is 0.222 e. The van der Waals surface area contributed by atoms with Crippen molar-refractivity contribution in [2.45, 2.75) is 45.1 Å². The molecule has 3 rings (SSSR count). The molecule has 6 heteroatoms. The lowest BCUT2D eigenvalue weighted by Gasteiger charge is -2.23. The lowest BCUT2D eigenvalue weighted by atomic mass is 9.82. The first kappa shape index (κ1) is 18.8. The van der Waals surface area contributed by atoms with Crippen molar-refractivity contribution >= 4 is 23.3 Å². The molecule has 0 saturated heterocycles. The Labute approximate surface area is 159 Å². The molecule has 2 aromatic rings. The monoisotopic (exact) mass is 373 g/mol. The molecule has 26 heavy (non-hydrogen) atoms. The molecule has 1 aliphatic rings. The minimum atomic E-state index is 0.0908. The van der Waals surface area contributed by atoms with Crippen LogP contribution in [0.25, 0.3) is 0 Å². The molecule has 0 amide bonds. The van der Waals surface area contributed by atoms with Gasteiger partial charge in [0.15, 0.2) is 5.78 Å². The summed E-state index contributed by atoms with van der Waals surface area (Å²) in [5.74, 6) is 0.761. The normalized spacial score (nSPS) is 16.6. The van der Waals surface area contributed by atoms with Crippen molar-refractivity contribution in [3.8, 4) is 0 Å². The predicted molar refractivity (Wildman–Crippen MR) is 103 cm³/mol. The van der Waals surface area contributed by atoms with Gasteiger partial charge in [0, 0.05) is 30.8 Å². The number of hydrogen-bond donors (Lipinski definition) is 1. The number of halogens is 1. The van der Waals surface area contributed by atoms with Gasteiger partial charge >= 0.3 is 0 Å². The van der Waals surface area contributed by atoms with Crippen LogP contribution in [0.5, 0.6) is 0 Å². The van der Waals surface area contributed by atoms with Crippen LogP contribution < -0.4 is 5.32 Å². The Kier molecular flexibility index (Phi) is 6.22. The first-order valence-corrected chi connectivity index (χ1v) is 9.41. The molecule has 1 heterocycles. The first-order valence-electron chi connectivity index (χ1n) is 9.03. The number of nitrogens with one attached hydrogen (secondary N) is 1. The third kappa shape index (κ3) is 4.80. The highest BCUT2D eigenvalue weighted by molar-refractivity contribution is 6.30. The Hall–Kier alpha value is -1.98. The Morgan fingerprint density at radius 1 is 1.35 bits per heavy atom. The molecule has 1 atom stereocenters. The van der Waals surface area contributed by atoms with Crippen molar-refractivity contribution in [2.24, 2.45) is 0 Å². The van der Waals surface area contributed by atoms with Crippen LogP contribution in [0.4, 0.5) is 5.95 Å². The highest BCUT2D eigenvalue weighted by atomic mass is 35.5. The maximum absolute atomic E-state index is 12.5. The minimum absolute atomic E-state index is 0.0908. The third-order valence-corrected chi connectivity index (χ3v) is 4.65. The van der Waals surface area contributed by atoms with E-state index in [1.807, 2.05) is 38.1 Å². The summed E-state index contributed by atoms with van der Waals surface area (Å²) in [6, 6.07) is 7.71. The van der Waals surface area contributed by atoms with Crippen LogP contribution in [-0.2, 0) is 11.2 Å². The average molecular weight is 374 g/mol. The predicted octanol–water partition coefficient (Wildman–Crippen LogP) is 4.27. The van der Waals surface area contributed by atoms with Gasteiger partial charge in [-0.1, -0.05) is 23.7 Å². The zero-order valence-corrected chi connectivity index (χ0v) is 15.9. The van der Waals surface area contributed by atoms with E-state index in [1.165, 1.54) is 0 Å². The Morgan fingerprint density at radius 2 is 2.19 bits per heavy atom. The molecule has 1 aromatic carbocycles. The van der Waals surface area contributed by atoms with Crippen molar-refractivity contribution in [3.05, 3.63) is 52.3 Å². The fourth-order valence-electron chi connectivity index (χ4n) is 3.12. The van der Waals surface area contributed by atoms with Crippen molar-refractivity contribution in [2.75, 3.05) is 18.5 Å². The molecule has 0 radical (unpaired) electrons. The van der Waals surface area contributed by atoms with Crippen molar-refractivity contribution in [3.63, 3.8) is 0 Å². The van der Waals surface area contributed by atoms with Gasteiger partial charge in [-0.25, -0.2) is 9.97 Å². The molecule has 0 spiro atoms. The van der Waals surface area contributed by atoms with E-state index in [-0.39, 0.29) is 17.8 Å². The number of fused-ring (bicyclic) bond motifs is 1. The van der Waals surface area contributed by atoms with Crippen LogP contribution in [0.15, 0.2) is 30.5 Å². The number of Topliss-reactive ketones (excluding diaryl/α,β-unsaturated/α-hetero) is 1. The number of rotatable bonds is 7. The van der Waals surface area contributed by atoms with Gasteiger partial charge < -0.3 is 10.1 Å². The summed E-state index contributed by atoms with van der Waals surface area (Å²) < 4.78 is 5.52. The lowest BCUT2D eigenvalue weighted by Crippen LogP contribution is -2.21. The summed E-state index contributed by atoms with van der Waals surface area (Å²) in [4.78, 5) is 21.3. The van der Waals surface area contributed by atoms with E-state index in [0.717, 1.165) is 30.6 Å². The standard InChI is InChI=1S/C20H24ClN3O2/c1-13(2)26-8-4-7-22-20-23-12-17-18(24-20)10-15(11-19(17)25)14-5-3-6-16(21)9-14/h3,5-6,9,12-13,15H,4,7-8,10-11H2,1-2H3,(H,22,23,24)/t15-/m0/s1. The van der Waals surface area contributed by atoms with Crippen molar-refractivity contribution in [1.29, 1.82) is 0 Å². The molecule has 0 unspecified atom stereocenters. The molecular weight excluding hydrogens is 350 g/mol.